The van der Waals surface area contributed by atoms with E-state index in [2.05, 4.69) is 39.0 Å². The number of unbranched alkanes of at least 4 members (excludes halogenated alkanes) is 3. The SMILES string of the molecule is CCCCCCC1(c2ccc3c(c2)CCC(CC(C)CC)C3)CCCCC1. The Morgan fingerprint density at radius 3 is 2.56 bits per heavy atom. The van der Waals surface area contributed by atoms with Gasteiger partial charge in [-0.2, -0.15) is 0 Å². The first kappa shape index (κ1) is 20.9. The van der Waals surface area contributed by atoms with Crippen LogP contribution in [0.4, 0.5) is 0 Å². The fourth-order valence-corrected chi connectivity index (χ4v) is 5.90. The molecule has 0 aliphatic heterocycles. The van der Waals surface area contributed by atoms with Crippen molar-refractivity contribution in [3.8, 4) is 0 Å². The maximum absolute atomic E-state index is 2.67. The van der Waals surface area contributed by atoms with Crippen LogP contribution in [0, 0.1) is 11.8 Å². The molecule has 1 aromatic rings. The summed E-state index contributed by atoms with van der Waals surface area (Å²) < 4.78 is 0. The van der Waals surface area contributed by atoms with Gasteiger partial charge in [0, 0.05) is 0 Å². The van der Waals surface area contributed by atoms with Crippen LogP contribution >= 0.6 is 0 Å². The molecule has 0 N–H and O–H groups in total. The predicted octanol–water partition coefficient (Wildman–Crippen LogP) is 8.40. The summed E-state index contributed by atoms with van der Waals surface area (Å²) in [5.41, 5.74) is 5.59. The standard InChI is InChI=1S/C27H44/c1-4-6-7-9-16-27(17-10-8-11-18-27)26-15-14-24-20-23(19-22(3)5-2)12-13-25(24)21-26/h14-15,21-23H,4-13,16-20H2,1-3H3. The van der Waals surface area contributed by atoms with E-state index in [0.717, 1.165) is 11.8 Å². The van der Waals surface area contributed by atoms with Crippen molar-refractivity contribution in [3.63, 3.8) is 0 Å². The minimum Gasteiger partial charge on any atom is -0.0654 e. The first-order chi connectivity index (χ1) is 13.2. The third kappa shape index (κ3) is 5.39. The Labute approximate surface area is 169 Å². The molecule has 0 radical (unpaired) electrons. The van der Waals surface area contributed by atoms with E-state index in [1.165, 1.54) is 96.3 Å². The van der Waals surface area contributed by atoms with Gasteiger partial charge in [0.1, 0.15) is 0 Å². The average Bonchev–Trinajstić information content (AvgIpc) is 2.71. The fourth-order valence-electron chi connectivity index (χ4n) is 5.90. The lowest BCUT2D eigenvalue weighted by atomic mass is 9.65. The van der Waals surface area contributed by atoms with Crippen molar-refractivity contribution in [2.75, 3.05) is 0 Å². The molecule has 1 saturated carbocycles. The normalized spacial score (nSPS) is 23.0. The molecule has 2 unspecified atom stereocenters. The third-order valence-corrected chi connectivity index (χ3v) is 7.90. The number of rotatable bonds is 9. The Hall–Kier alpha value is -0.780. The highest BCUT2D eigenvalue weighted by Crippen LogP contribution is 2.44. The molecule has 0 saturated heterocycles. The Balaban J connectivity index is 1.71. The zero-order valence-electron chi connectivity index (χ0n) is 18.5. The van der Waals surface area contributed by atoms with Gasteiger partial charge in [-0.25, -0.2) is 0 Å². The van der Waals surface area contributed by atoms with Crippen LogP contribution in [-0.4, -0.2) is 0 Å². The van der Waals surface area contributed by atoms with E-state index in [1.807, 2.05) is 0 Å². The summed E-state index contributed by atoms with van der Waals surface area (Å²) in [7, 11) is 0. The molecule has 1 fully saturated rings. The Morgan fingerprint density at radius 1 is 1.00 bits per heavy atom. The Morgan fingerprint density at radius 2 is 1.81 bits per heavy atom. The van der Waals surface area contributed by atoms with Crippen LogP contribution in [0.15, 0.2) is 18.2 Å². The number of hydrogen-bond donors (Lipinski definition) is 0. The largest absolute Gasteiger partial charge is 0.0654 e. The van der Waals surface area contributed by atoms with Crippen molar-refractivity contribution >= 4 is 0 Å². The summed E-state index contributed by atoms with van der Waals surface area (Å²) >= 11 is 0. The second kappa shape index (κ2) is 10.1. The van der Waals surface area contributed by atoms with Gasteiger partial charge in [0.25, 0.3) is 0 Å². The maximum Gasteiger partial charge on any atom is -0.00469 e. The van der Waals surface area contributed by atoms with Crippen molar-refractivity contribution in [2.45, 2.75) is 122 Å². The molecule has 0 bridgehead atoms. The Bertz CT molecular complexity index is 563. The molecule has 2 aliphatic rings. The summed E-state index contributed by atoms with van der Waals surface area (Å²) in [5.74, 6) is 1.82. The molecule has 0 amide bonds. The third-order valence-electron chi connectivity index (χ3n) is 7.90. The lowest BCUT2D eigenvalue weighted by Gasteiger charge is -2.39. The van der Waals surface area contributed by atoms with Gasteiger partial charge in [-0.15, -0.1) is 0 Å². The van der Waals surface area contributed by atoms with Gasteiger partial charge < -0.3 is 0 Å². The highest BCUT2D eigenvalue weighted by Gasteiger charge is 2.34. The fraction of sp³-hybridized carbons (Fsp3) is 0.778. The smallest absolute Gasteiger partial charge is 0.00469 e. The van der Waals surface area contributed by atoms with E-state index in [-0.39, 0.29) is 0 Å². The van der Waals surface area contributed by atoms with Crippen molar-refractivity contribution in [1.82, 2.24) is 0 Å². The molecule has 0 nitrogen and oxygen atoms in total. The van der Waals surface area contributed by atoms with E-state index in [9.17, 15) is 0 Å². The summed E-state index contributed by atoms with van der Waals surface area (Å²) in [6, 6.07) is 7.76. The van der Waals surface area contributed by atoms with Crippen LogP contribution < -0.4 is 0 Å². The van der Waals surface area contributed by atoms with Gasteiger partial charge in [0.15, 0.2) is 0 Å². The molecule has 1 aromatic carbocycles. The summed E-state index contributed by atoms with van der Waals surface area (Å²) in [6.07, 6.45) is 21.1. The first-order valence-electron chi connectivity index (χ1n) is 12.3. The lowest BCUT2D eigenvalue weighted by Crippen LogP contribution is -2.29. The van der Waals surface area contributed by atoms with Gasteiger partial charge in [-0.3, -0.25) is 0 Å². The monoisotopic (exact) mass is 368 g/mol. The van der Waals surface area contributed by atoms with Crippen LogP contribution in [0.3, 0.4) is 0 Å². The van der Waals surface area contributed by atoms with Gasteiger partial charge in [0.05, 0.1) is 0 Å². The lowest BCUT2D eigenvalue weighted by molar-refractivity contribution is 0.265. The number of aryl methyl sites for hydroxylation is 1. The highest BCUT2D eigenvalue weighted by molar-refractivity contribution is 5.38. The van der Waals surface area contributed by atoms with Crippen molar-refractivity contribution in [2.24, 2.45) is 11.8 Å². The highest BCUT2D eigenvalue weighted by atomic mass is 14.4. The quantitative estimate of drug-likeness (QED) is 0.384. The van der Waals surface area contributed by atoms with Crippen molar-refractivity contribution in [1.29, 1.82) is 0 Å². The van der Waals surface area contributed by atoms with Crippen LogP contribution in [0.5, 0.6) is 0 Å². The van der Waals surface area contributed by atoms with E-state index in [0.29, 0.717) is 5.41 Å². The zero-order valence-corrected chi connectivity index (χ0v) is 18.5. The van der Waals surface area contributed by atoms with Crippen LogP contribution in [-0.2, 0) is 18.3 Å². The maximum atomic E-state index is 2.67. The molecule has 2 aliphatic carbocycles. The second-order valence-corrected chi connectivity index (χ2v) is 9.99. The van der Waals surface area contributed by atoms with Gasteiger partial charge >= 0.3 is 0 Å². The number of fused-ring (bicyclic) bond motifs is 1. The predicted molar refractivity (Wildman–Crippen MR) is 120 cm³/mol. The molecule has 152 valence electrons. The molecular weight excluding hydrogens is 324 g/mol. The molecule has 27 heavy (non-hydrogen) atoms. The zero-order chi connectivity index (χ0) is 19.1. The molecule has 0 heteroatoms. The topological polar surface area (TPSA) is 0 Å². The molecule has 0 aromatic heterocycles. The van der Waals surface area contributed by atoms with E-state index in [4.69, 9.17) is 0 Å². The van der Waals surface area contributed by atoms with Crippen LogP contribution in [0.25, 0.3) is 0 Å². The van der Waals surface area contributed by atoms with E-state index >= 15 is 0 Å². The molecule has 3 rings (SSSR count). The van der Waals surface area contributed by atoms with E-state index < -0.39 is 0 Å². The van der Waals surface area contributed by atoms with Gasteiger partial charge in [-0.05, 0) is 78.9 Å². The number of benzene rings is 1. The molecule has 0 spiro atoms. The van der Waals surface area contributed by atoms with E-state index in [1.54, 1.807) is 16.7 Å². The molecule has 2 atom stereocenters. The average molecular weight is 369 g/mol. The minimum atomic E-state index is 0.509. The Kier molecular flexibility index (Phi) is 7.86. The number of hydrogen-bond acceptors (Lipinski definition) is 0. The summed E-state index contributed by atoms with van der Waals surface area (Å²) in [6.45, 7) is 7.11. The molecule has 0 heterocycles. The van der Waals surface area contributed by atoms with Gasteiger partial charge in [-0.1, -0.05) is 90.3 Å². The summed E-state index contributed by atoms with van der Waals surface area (Å²) in [5, 5.41) is 0. The second-order valence-electron chi connectivity index (χ2n) is 9.99. The van der Waals surface area contributed by atoms with Crippen molar-refractivity contribution < 1.29 is 0 Å². The van der Waals surface area contributed by atoms with Crippen LogP contribution in [0.1, 0.15) is 121 Å². The first-order valence-corrected chi connectivity index (χ1v) is 12.3. The van der Waals surface area contributed by atoms with Gasteiger partial charge in [0.2, 0.25) is 0 Å². The van der Waals surface area contributed by atoms with Crippen molar-refractivity contribution in [3.05, 3.63) is 34.9 Å². The van der Waals surface area contributed by atoms with Crippen LogP contribution in [0.2, 0.25) is 0 Å². The summed E-state index contributed by atoms with van der Waals surface area (Å²) in [4.78, 5) is 0. The molecular formula is C27H44. The minimum absolute atomic E-state index is 0.509.